The molecule has 2 rings (SSSR count). The summed E-state index contributed by atoms with van der Waals surface area (Å²) in [7, 11) is 1.31. The highest BCUT2D eigenvalue weighted by Gasteiger charge is 2.48. The molecule has 0 radical (unpaired) electrons. The van der Waals surface area contributed by atoms with E-state index >= 15 is 0 Å². The first-order valence-corrected chi connectivity index (χ1v) is 5.85. The van der Waals surface area contributed by atoms with Crippen LogP contribution in [0.15, 0.2) is 12.1 Å². The molecule has 0 amide bonds. The van der Waals surface area contributed by atoms with Gasteiger partial charge >= 0.3 is 5.97 Å². The van der Waals surface area contributed by atoms with Crippen molar-refractivity contribution in [1.29, 1.82) is 0 Å². The van der Waals surface area contributed by atoms with Crippen molar-refractivity contribution in [3.05, 3.63) is 23.3 Å². The Kier molecular flexibility index (Phi) is 3.34. The number of methoxy groups -OCH3 is 1. The van der Waals surface area contributed by atoms with Crippen LogP contribution < -0.4 is 4.74 Å². The molecule has 4 nitrogen and oxygen atoms in total. The zero-order valence-electron chi connectivity index (χ0n) is 10.3. The zero-order chi connectivity index (χ0) is 14.2. The molecule has 1 aliphatic rings. The lowest BCUT2D eigenvalue weighted by Gasteiger charge is -2.38. The number of hydrogen-bond acceptors (Lipinski definition) is 3. The first-order chi connectivity index (χ1) is 8.92. The number of phenols is 1. The summed E-state index contributed by atoms with van der Waals surface area (Å²) < 4.78 is 30.7. The van der Waals surface area contributed by atoms with Gasteiger partial charge in [0.05, 0.1) is 18.1 Å². The molecule has 1 aliphatic carbocycles. The standard InChI is InChI=1S/C13H14F2O4/c1-19-7-5-8(11(14)15)10(16)9(6-7)13(12(17)18)3-2-4-13/h5-6,11,16H,2-4H2,1H3,(H,17,18). The second-order valence-electron chi connectivity index (χ2n) is 4.65. The summed E-state index contributed by atoms with van der Waals surface area (Å²) in [5.74, 6) is -1.63. The van der Waals surface area contributed by atoms with E-state index in [9.17, 15) is 23.8 Å². The summed E-state index contributed by atoms with van der Waals surface area (Å²) in [6.45, 7) is 0. The average Bonchev–Trinajstić information content (AvgIpc) is 2.28. The van der Waals surface area contributed by atoms with Crippen molar-refractivity contribution in [3.63, 3.8) is 0 Å². The lowest BCUT2D eigenvalue weighted by Crippen LogP contribution is -2.42. The van der Waals surface area contributed by atoms with Crippen LogP contribution in [-0.4, -0.2) is 23.3 Å². The van der Waals surface area contributed by atoms with Gasteiger partial charge in [0, 0.05) is 5.56 Å². The van der Waals surface area contributed by atoms with E-state index in [4.69, 9.17) is 4.74 Å². The monoisotopic (exact) mass is 272 g/mol. The molecule has 0 unspecified atom stereocenters. The highest BCUT2D eigenvalue weighted by molar-refractivity contribution is 5.84. The fraction of sp³-hybridized carbons (Fsp3) is 0.462. The number of benzene rings is 1. The molecule has 0 heterocycles. The third-order valence-electron chi connectivity index (χ3n) is 3.72. The molecule has 1 aromatic carbocycles. The van der Waals surface area contributed by atoms with Crippen LogP contribution in [0.3, 0.4) is 0 Å². The van der Waals surface area contributed by atoms with Crippen molar-refractivity contribution in [2.24, 2.45) is 0 Å². The van der Waals surface area contributed by atoms with Gasteiger partial charge in [0.15, 0.2) is 0 Å². The van der Waals surface area contributed by atoms with E-state index in [1.165, 1.54) is 13.2 Å². The molecular formula is C13H14F2O4. The van der Waals surface area contributed by atoms with Gasteiger partial charge in [-0.25, -0.2) is 8.78 Å². The summed E-state index contributed by atoms with van der Waals surface area (Å²) in [5.41, 5.74) is -1.86. The minimum atomic E-state index is -2.89. The predicted molar refractivity (Wildman–Crippen MR) is 62.8 cm³/mol. The number of aromatic hydroxyl groups is 1. The smallest absolute Gasteiger partial charge is 0.314 e. The van der Waals surface area contributed by atoms with Gasteiger partial charge in [-0.05, 0) is 25.0 Å². The number of hydrogen-bond donors (Lipinski definition) is 2. The van der Waals surface area contributed by atoms with Crippen molar-refractivity contribution in [2.45, 2.75) is 31.1 Å². The molecule has 0 atom stereocenters. The molecule has 0 saturated heterocycles. The Balaban J connectivity index is 2.62. The van der Waals surface area contributed by atoms with Gasteiger partial charge in [0.2, 0.25) is 0 Å². The molecule has 2 N–H and O–H groups in total. The first-order valence-electron chi connectivity index (χ1n) is 5.85. The Bertz CT molecular complexity index is 510. The third kappa shape index (κ3) is 2.01. The van der Waals surface area contributed by atoms with E-state index in [0.29, 0.717) is 19.3 Å². The number of halogens is 2. The molecule has 19 heavy (non-hydrogen) atoms. The summed E-state index contributed by atoms with van der Waals surface area (Å²) in [5, 5.41) is 19.2. The van der Waals surface area contributed by atoms with E-state index in [-0.39, 0.29) is 11.3 Å². The molecule has 104 valence electrons. The zero-order valence-corrected chi connectivity index (χ0v) is 10.3. The largest absolute Gasteiger partial charge is 0.507 e. The molecule has 1 aromatic rings. The van der Waals surface area contributed by atoms with Crippen molar-refractivity contribution >= 4 is 5.97 Å². The van der Waals surface area contributed by atoms with Crippen molar-refractivity contribution in [1.82, 2.24) is 0 Å². The molecule has 6 heteroatoms. The second-order valence-corrected chi connectivity index (χ2v) is 4.65. The lowest BCUT2D eigenvalue weighted by molar-refractivity contribution is -0.147. The van der Waals surface area contributed by atoms with Gasteiger partial charge in [0.1, 0.15) is 11.5 Å². The fourth-order valence-corrected chi connectivity index (χ4v) is 2.41. The SMILES string of the molecule is COc1cc(C(F)F)c(O)c(C2(C(=O)O)CCC2)c1. The predicted octanol–water partition coefficient (Wildman–Crippen LogP) is 2.84. The maximum absolute atomic E-state index is 12.9. The van der Waals surface area contributed by atoms with Crippen LogP contribution in [0.4, 0.5) is 8.78 Å². The van der Waals surface area contributed by atoms with Crippen LogP contribution in [-0.2, 0) is 10.2 Å². The number of carboxylic acid groups (broad SMARTS) is 1. The van der Waals surface area contributed by atoms with E-state index in [2.05, 4.69) is 0 Å². The Labute approximate surface area is 108 Å². The summed E-state index contributed by atoms with van der Waals surface area (Å²) >= 11 is 0. The van der Waals surface area contributed by atoms with Crippen molar-refractivity contribution < 1.29 is 28.5 Å². The topological polar surface area (TPSA) is 66.8 Å². The first kappa shape index (κ1) is 13.6. The van der Waals surface area contributed by atoms with Crippen LogP contribution in [0.2, 0.25) is 0 Å². The van der Waals surface area contributed by atoms with E-state index in [1.54, 1.807) is 0 Å². The minimum Gasteiger partial charge on any atom is -0.507 e. The number of alkyl halides is 2. The van der Waals surface area contributed by atoms with Gasteiger partial charge in [-0.1, -0.05) is 6.42 Å². The third-order valence-corrected chi connectivity index (χ3v) is 3.72. The van der Waals surface area contributed by atoms with Crippen LogP contribution in [0.1, 0.15) is 36.8 Å². The van der Waals surface area contributed by atoms with Crippen LogP contribution in [0.25, 0.3) is 0 Å². The quantitative estimate of drug-likeness (QED) is 0.884. The lowest BCUT2D eigenvalue weighted by atomic mass is 9.64. The Morgan fingerprint density at radius 2 is 2.05 bits per heavy atom. The highest BCUT2D eigenvalue weighted by atomic mass is 19.3. The minimum absolute atomic E-state index is 0.0147. The molecule has 0 spiro atoms. The van der Waals surface area contributed by atoms with Crippen LogP contribution >= 0.6 is 0 Å². The number of ether oxygens (including phenoxy) is 1. The Hall–Kier alpha value is -1.85. The van der Waals surface area contributed by atoms with Gasteiger partial charge in [-0.15, -0.1) is 0 Å². The maximum atomic E-state index is 12.9. The molecule has 1 saturated carbocycles. The van der Waals surface area contributed by atoms with E-state index in [0.717, 1.165) is 6.07 Å². The second kappa shape index (κ2) is 4.68. The van der Waals surface area contributed by atoms with Crippen molar-refractivity contribution in [2.75, 3.05) is 7.11 Å². The highest BCUT2D eigenvalue weighted by Crippen LogP contribution is 2.50. The molecular weight excluding hydrogens is 258 g/mol. The van der Waals surface area contributed by atoms with Gasteiger partial charge < -0.3 is 14.9 Å². The van der Waals surface area contributed by atoms with Crippen LogP contribution in [0, 0.1) is 0 Å². The van der Waals surface area contributed by atoms with Gasteiger partial charge in [0.25, 0.3) is 6.43 Å². The van der Waals surface area contributed by atoms with Crippen molar-refractivity contribution in [3.8, 4) is 11.5 Å². The normalized spacial score (nSPS) is 17.1. The number of carboxylic acids is 1. The molecule has 0 aliphatic heterocycles. The summed E-state index contributed by atoms with van der Waals surface area (Å²) in [6.07, 6.45) is -1.55. The number of phenolic OH excluding ortho intramolecular Hbond substituents is 1. The van der Waals surface area contributed by atoms with Gasteiger partial charge in [-0.2, -0.15) is 0 Å². The molecule has 0 aromatic heterocycles. The van der Waals surface area contributed by atoms with Crippen LogP contribution in [0.5, 0.6) is 11.5 Å². The molecule has 1 fully saturated rings. The number of carbonyl (C=O) groups is 1. The Morgan fingerprint density at radius 3 is 2.42 bits per heavy atom. The summed E-state index contributed by atoms with van der Waals surface area (Å²) in [4.78, 5) is 11.4. The van der Waals surface area contributed by atoms with E-state index in [1.807, 2.05) is 0 Å². The van der Waals surface area contributed by atoms with E-state index < -0.39 is 29.1 Å². The van der Waals surface area contributed by atoms with Gasteiger partial charge in [-0.3, -0.25) is 4.79 Å². The fourth-order valence-electron chi connectivity index (χ4n) is 2.41. The summed E-state index contributed by atoms with van der Waals surface area (Å²) in [6, 6.07) is 2.35. The Morgan fingerprint density at radius 1 is 1.42 bits per heavy atom. The molecule has 0 bridgehead atoms. The average molecular weight is 272 g/mol. The number of aliphatic carboxylic acids is 1. The maximum Gasteiger partial charge on any atom is 0.314 e. The number of rotatable bonds is 4.